The molecular formula is C20H12FN3O4S. The van der Waals surface area contributed by atoms with Crippen LogP contribution in [-0.2, 0) is 4.79 Å². The molecule has 0 atom stereocenters. The number of para-hydroxylation sites is 1. The van der Waals surface area contributed by atoms with Crippen LogP contribution in [0, 0.1) is 15.9 Å². The Hall–Kier alpha value is -3.72. The number of nitrogens with one attached hydrogen (secondary N) is 1. The van der Waals surface area contributed by atoms with Gasteiger partial charge in [0, 0.05) is 12.1 Å². The lowest BCUT2D eigenvalue weighted by Crippen LogP contribution is -2.19. The highest BCUT2D eigenvalue weighted by Crippen LogP contribution is 2.33. The van der Waals surface area contributed by atoms with E-state index in [1.165, 1.54) is 36.4 Å². The fourth-order valence-electron chi connectivity index (χ4n) is 2.66. The van der Waals surface area contributed by atoms with Crippen molar-refractivity contribution in [2.75, 3.05) is 0 Å². The van der Waals surface area contributed by atoms with Crippen molar-refractivity contribution in [2.24, 2.45) is 4.99 Å². The van der Waals surface area contributed by atoms with Gasteiger partial charge in [-0.2, -0.15) is 0 Å². The van der Waals surface area contributed by atoms with Gasteiger partial charge in [-0.15, -0.1) is 0 Å². The van der Waals surface area contributed by atoms with E-state index in [9.17, 15) is 19.3 Å². The van der Waals surface area contributed by atoms with Gasteiger partial charge in [-0.1, -0.05) is 12.1 Å². The van der Waals surface area contributed by atoms with Crippen LogP contribution in [0.1, 0.15) is 5.76 Å². The van der Waals surface area contributed by atoms with Gasteiger partial charge >= 0.3 is 0 Å². The number of nitrogens with zero attached hydrogens (tertiary/aromatic N) is 2. The summed E-state index contributed by atoms with van der Waals surface area (Å²) in [5.41, 5.74) is 0.791. The molecule has 0 saturated carbocycles. The first-order valence-electron chi connectivity index (χ1n) is 8.38. The van der Waals surface area contributed by atoms with E-state index in [-0.39, 0.29) is 17.4 Å². The number of carbonyl (C=O) groups excluding carboxylic acids is 1. The number of furan rings is 1. The van der Waals surface area contributed by atoms with Gasteiger partial charge in [0.2, 0.25) is 0 Å². The average Bonchev–Trinajstić information content (AvgIpc) is 3.30. The van der Waals surface area contributed by atoms with Crippen molar-refractivity contribution in [3.8, 4) is 11.3 Å². The maximum Gasteiger partial charge on any atom is 0.280 e. The van der Waals surface area contributed by atoms with Crippen LogP contribution in [0.15, 0.2) is 75.0 Å². The highest BCUT2D eigenvalue weighted by molar-refractivity contribution is 8.18. The van der Waals surface area contributed by atoms with Crippen molar-refractivity contribution >= 4 is 40.3 Å². The van der Waals surface area contributed by atoms with Crippen LogP contribution < -0.4 is 5.32 Å². The molecule has 144 valence electrons. The van der Waals surface area contributed by atoms with Crippen LogP contribution in [0.4, 0.5) is 15.8 Å². The molecular weight excluding hydrogens is 397 g/mol. The van der Waals surface area contributed by atoms with Crippen molar-refractivity contribution in [1.29, 1.82) is 0 Å². The molecule has 0 spiro atoms. The Kier molecular flexibility index (Phi) is 4.96. The Balaban J connectivity index is 1.57. The highest BCUT2D eigenvalue weighted by Gasteiger charge is 2.24. The number of thioether (sulfide) groups is 1. The third-order valence-corrected chi connectivity index (χ3v) is 4.88. The molecule has 1 N–H and O–H groups in total. The Morgan fingerprint density at radius 2 is 1.86 bits per heavy atom. The van der Waals surface area contributed by atoms with Gasteiger partial charge in [0.25, 0.3) is 11.6 Å². The number of aliphatic imine (C=N–C) groups is 1. The number of amides is 1. The van der Waals surface area contributed by atoms with E-state index < -0.39 is 4.92 Å². The first-order chi connectivity index (χ1) is 14.0. The molecule has 7 nitrogen and oxygen atoms in total. The summed E-state index contributed by atoms with van der Waals surface area (Å²) in [5, 5.41) is 14.2. The van der Waals surface area contributed by atoms with Crippen molar-refractivity contribution in [1.82, 2.24) is 5.32 Å². The van der Waals surface area contributed by atoms with Gasteiger partial charge in [-0.3, -0.25) is 14.9 Å². The van der Waals surface area contributed by atoms with E-state index in [1.807, 2.05) is 0 Å². The molecule has 0 unspecified atom stereocenters. The van der Waals surface area contributed by atoms with E-state index in [1.54, 1.807) is 30.3 Å². The molecule has 1 aliphatic rings. The summed E-state index contributed by atoms with van der Waals surface area (Å²) < 4.78 is 18.7. The van der Waals surface area contributed by atoms with Crippen molar-refractivity contribution in [3.63, 3.8) is 0 Å². The van der Waals surface area contributed by atoms with Crippen LogP contribution in [0.2, 0.25) is 0 Å². The predicted molar refractivity (Wildman–Crippen MR) is 108 cm³/mol. The van der Waals surface area contributed by atoms with E-state index in [4.69, 9.17) is 4.42 Å². The number of hydrogen-bond acceptors (Lipinski definition) is 6. The monoisotopic (exact) mass is 409 g/mol. The fraction of sp³-hybridized carbons (Fsp3) is 0. The second-order valence-corrected chi connectivity index (χ2v) is 6.97. The molecule has 1 fully saturated rings. The molecule has 2 aromatic carbocycles. The zero-order chi connectivity index (χ0) is 20.4. The first-order valence-corrected chi connectivity index (χ1v) is 9.20. The lowest BCUT2D eigenvalue weighted by atomic mass is 10.1. The number of nitro groups is 1. The summed E-state index contributed by atoms with van der Waals surface area (Å²) in [6, 6.07) is 15.1. The van der Waals surface area contributed by atoms with Gasteiger partial charge in [0.05, 0.1) is 21.1 Å². The number of rotatable bonds is 4. The first kappa shape index (κ1) is 18.6. The Labute approximate surface area is 168 Å². The van der Waals surface area contributed by atoms with Crippen LogP contribution in [0.25, 0.3) is 17.4 Å². The number of amidine groups is 1. The smallest absolute Gasteiger partial charge is 0.280 e. The minimum Gasteiger partial charge on any atom is -0.456 e. The van der Waals surface area contributed by atoms with Gasteiger partial charge in [-0.05, 0) is 54.2 Å². The molecule has 29 heavy (non-hydrogen) atoms. The standard InChI is InChI=1S/C20H12FN3O4S/c21-12-5-7-13(8-6-12)22-20-23-19(25)18(29-20)11-14-9-10-17(28-14)15-3-1-2-4-16(15)24(26)27/h1-11H,(H,22,23,25)/b18-11-. The number of hydrogen-bond donors (Lipinski definition) is 1. The van der Waals surface area contributed by atoms with Gasteiger partial charge in [0.15, 0.2) is 5.17 Å². The largest absolute Gasteiger partial charge is 0.456 e. The molecule has 1 saturated heterocycles. The summed E-state index contributed by atoms with van der Waals surface area (Å²) >= 11 is 1.11. The Bertz CT molecular complexity index is 1170. The minimum absolute atomic E-state index is 0.0669. The molecule has 0 radical (unpaired) electrons. The molecule has 0 aliphatic carbocycles. The van der Waals surface area contributed by atoms with Gasteiger partial charge in [-0.25, -0.2) is 9.38 Å². The number of nitro benzene ring substituents is 1. The third-order valence-electron chi connectivity index (χ3n) is 3.97. The Morgan fingerprint density at radius 3 is 2.62 bits per heavy atom. The van der Waals surface area contributed by atoms with Crippen molar-refractivity contribution < 1.29 is 18.5 Å². The number of carbonyl (C=O) groups is 1. The minimum atomic E-state index is -0.478. The molecule has 1 aliphatic heterocycles. The number of halogens is 1. The zero-order valence-corrected chi connectivity index (χ0v) is 15.5. The summed E-state index contributed by atoms with van der Waals surface area (Å²) in [4.78, 5) is 27.5. The van der Waals surface area contributed by atoms with E-state index in [0.717, 1.165) is 11.8 Å². The maximum atomic E-state index is 13.0. The maximum absolute atomic E-state index is 13.0. The normalized spacial score (nSPS) is 16.4. The SMILES string of the molecule is O=C1NC(=Nc2ccc(F)cc2)S/C1=C\c1ccc(-c2ccccc2[N+](=O)[O-])o1. The van der Waals surface area contributed by atoms with E-state index in [0.29, 0.717) is 32.8 Å². The molecule has 1 aromatic heterocycles. The van der Waals surface area contributed by atoms with E-state index >= 15 is 0 Å². The summed E-state index contributed by atoms with van der Waals surface area (Å²) in [5.74, 6) is -0.0176. The van der Waals surface area contributed by atoms with Crippen LogP contribution in [-0.4, -0.2) is 16.0 Å². The van der Waals surface area contributed by atoms with Crippen LogP contribution in [0.5, 0.6) is 0 Å². The van der Waals surface area contributed by atoms with Gasteiger partial charge in [0.1, 0.15) is 17.3 Å². The second-order valence-electron chi connectivity index (χ2n) is 5.93. The Morgan fingerprint density at radius 1 is 1.10 bits per heavy atom. The van der Waals surface area contributed by atoms with Crippen molar-refractivity contribution in [3.05, 3.63) is 87.3 Å². The third kappa shape index (κ3) is 4.09. The lowest BCUT2D eigenvalue weighted by molar-refractivity contribution is -0.384. The van der Waals surface area contributed by atoms with Crippen molar-refractivity contribution in [2.45, 2.75) is 0 Å². The van der Waals surface area contributed by atoms with E-state index in [2.05, 4.69) is 10.3 Å². The number of benzene rings is 2. The quantitative estimate of drug-likeness (QED) is 0.376. The van der Waals surface area contributed by atoms with Crippen LogP contribution in [0.3, 0.4) is 0 Å². The average molecular weight is 409 g/mol. The summed E-state index contributed by atoms with van der Waals surface area (Å²) in [7, 11) is 0. The zero-order valence-electron chi connectivity index (χ0n) is 14.7. The molecule has 0 bridgehead atoms. The highest BCUT2D eigenvalue weighted by atomic mass is 32.2. The molecule has 2 heterocycles. The topological polar surface area (TPSA) is 97.7 Å². The predicted octanol–water partition coefficient (Wildman–Crippen LogP) is 4.89. The summed E-state index contributed by atoms with van der Waals surface area (Å²) in [6.45, 7) is 0. The molecule has 4 rings (SSSR count). The summed E-state index contributed by atoms with van der Waals surface area (Å²) in [6.07, 6.45) is 1.53. The second kappa shape index (κ2) is 7.72. The molecule has 9 heteroatoms. The fourth-order valence-corrected chi connectivity index (χ4v) is 3.48. The molecule has 1 amide bonds. The molecule has 3 aromatic rings. The lowest BCUT2D eigenvalue weighted by Gasteiger charge is -1.98. The van der Waals surface area contributed by atoms with Gasteiger partial charge < -0.3 is 9.73 Å². The van der Waals surface area contributed by atoms with Crippen LogP contribution >= 0.6 is 11.8 Å².